The average molecular weight is 563 g/mol. The Labute approximate surface area is 218 Å². The molecule has 3 aromatic carbocycles. The van der Waals surface area contributed by atoms with Crippen molar-refractivity contribution in [2.45, 2.75) is 11.8 Å². The number of aromatic nitrogens is 1. The van der Waals surface area contributed by atoms with Crippen molar-refractivity contribution in [1.29, 1.82) is 5.26 Å². The van der Waals surface area contributed by atoms with Gasteiger partial charge >= 0.3 is 0 Å². The summed E-state index contributed by atoms with van der Waals surface area (Å²) in [6, 6.07) is 21.5. The van der Waals surface area contributed by atoms with Crippen LogP contribution in [0.5, 0.6) is 0 Å². The summed E-state index contributed by atoms with van der Waals surface area (Å²) in [5.74, 6) is -0.153. The smallest absolute Gasteiger partial charge is 0.268 e. The first kappa shape index (κ1) is 24.1. The monoisotopic (exact) mass is 562 g/mol. The molecule has 1 fully saturated rings. The SMILES string of the molecule is Cc1ccc(S(=O)(=O)n2ccc3c(C(=O)N4CCN(c5ccccc5C#N)CC4)cc(Br)cc32)cc1. The van der Waals surface area contributed by atoms with E-state index in [0.717, 1.165) is 11.3 Å². The van der Waals surface area contributed by atoms with Crippen molar-refractivity contribution in [3.8, 4) is 6.07 Å². The van der Waals surface area contributed by atoms with E-state index in [1.165, 1.54) is 10.2 Å². The van der Waals surface area contributed by atoms with Gasteiger partial charge < -0.3 is 9.80 Å². The van der Waals surface area contributed by atoms with Crippen molar-refractivity contribution < 1.29 is 13.2 Å². The zero-order valence-corrected chi connectivity index (χ0v) is 22.0. The van der Waals surface area contributed by atoms with Crippen LogP contribution in [0.4, 0.5) is 5.69 Å². The number of nitrogens with zero attached hydrogens (tertiary/aromatic N) is 4. The van der Waals surface area contributed by atoms with Crippen LogP contribution in [0.1, 0.15) is 21.5 Å². The maximum Gasteiger partial charge on any atom is 0.268 e. The maximum absolute atomic E-state index is 13.6. The molecule has 0 atom stereocenters. The molecule has 0 N–H and O–H groups in total. The van der Waals surface area contributed by atoms with Crippen molar-refractivity contribution in [3.63, 3.8) is 0 Å². The molecule has 5 rings (SSSR count). The van der Waals surface area contributed by atoms with Gasteiger partial charge in [-0.25, -0.2) is 12.4 Å². The van der Waals surface area contributed by atoms with Crippen molar-refractivity contribution in [1.82, 2.24) is 8.87 Å². The molecule has 0 saturated carbocycles. The first-order chi connectivity index (χ1) is 17.3. The van der Waals surface area contributed by atoms with Crippen LogP contribution in [0.15, 0.2) is 82.3 Å². The average Bonchev–Trinajstić information content (AvgIpc) is 3.33. The predicted octanol–water partition coefficient (Wildman–Crippen LogP) is 4.78. The van der Waals surface area contributed by atoms with Crippen molar-refractivity contribution >= 4 is 48.5 Å². The fraction of sp³-hybridized carbons (Fsp3) is 0.185. The summed E-state index contributed by atoms with van der Waals surface area (Å²) < 4.78 is 28.6. The third kappa shape index (κ3) is 4.27. The third-order valence-corrected chi connectivity index (χ3v) is 8.64. The van der Waals surface area contributed by atoms with E-state index in [0.29, 0.717) is 52.7 Å². The minimum Gasteiger partial charge on any atom is -0.367 e. The number of hydrogen-bond donors (Lipinski definition) is 0. The van der Waals surface area contributed by atoms with E-state index in [1.54, 1.807) is 53.4 Å². The van der Waals surface area contributed by atoms with Crippen molar-refractivity contribution in [2.24, 2.45) is 0 Å². The van der Waals surface area contributed by atoms with Gasteiger partial charge in [-0.15, -0.1) is 0 Å². The molecule has 1 aliphatic rings. The lowest BCUT2D eigenvalue weighted by atomic mass is 10.1. The van der Waals surface area contributed by atoms with Gasteiger partial charge in [0, 0.05) is 42.2 Å². The van der Waals surface area contributed by atoms with Gasteiger partial charge in [-0.3, -0.25) is 4.79 Å². The van der Waals surface area contributed by atoms with Gasteiger partial charge in [-0.1, -0.05) is 45.8 Å². The highest BCUT2D eigenvalue weighted by Gasteiger charge is 2.27. The Morgan fingerprint density at radius 2 is 1.67 bits per heavy atom. The number of nitriles is 1. The highest BCUT2D eigenvalue weighted by Crippen LogP contribution is 2.30. The number of halogens is 1. The Balaban J connectivity index is 1.44. The molecule has 0 radical (unpaired) electrons. The number of fused-ring (bicyclic) bond motifs is 1. The van der Waals surface area contributed by atoms with E-state index in [9.17, 15) is 18.5 Å². The Morgan fingerprint density at radius 1 is 0.972 bits per heavy atom. The van der Waals surface area contributed by atoms with E-state index in [1.807, 2.05) is 25.1 Å². The Bertz CT molecular complexity index is 1610. The van der Waals surface area contributed by atoms with Crippen LogP contribution in [0.3, 0.4) is 0 Å². The molecule has 1 saturated heterocycles. The molecule has 0 bridgehead atoms. The maximum atomic E-state index is 13.6. The number of para-hydroxylation sites is 1. The molecule has 1 aromatic heterocycles. The molecule has 2 heterocycles. The summed E-state index contributed by atoms with van der Waals surface area (Å²) in [6.07, 6.45) is 1.50. The van der Waals surface area contributed by atoms with E-state index >= 15 is 0 Å². The summed E-state index contributed by atoms with van der Waals surface area (Å²) in [5.41, 5.74) is 3.34. The van der Waals surface area contributed by atoms with Crippen LogP contribution in [0.2, 0.25) is 0 Å². The van der Waals surface area contributed by atoms with Crippen LogP contribution in [0.25, 0.3) is 10.9 Å². The molecule has 0 aliphatic carbocycles. The number of carbonyl (C=O) groups excluding carboxylic acids is 1. The van der Waals surface area contributed by atoms with Crippen LogP contribution in [0, 0.1) is 18.3 Å². The largest absolute Gasteiger partial charge is 0.367 e. The number of benzene rings is 3. The predicted molar refractivity (Wildman–Crippen MR) is 143 cm³/mol. The second-order valence-electron chi connectivity index (χ2n) is 8.72. The Kier molecular flexibility index (Phi) is 6.33. The fourth-order valence-corrected chi connectivity index (χ4v) is 6.34. The zero-order valence-electron chi connectivity index (χ0n) is 19.6. The second-order valence-corrected chi connectivity index (χ2v) is 11.5. The molecule has 182 valence electrons. The summed E-state index contributed by atoms with van der Waals surface area (Å²) in [6.45, 7) is 4.09. The lowest BCUT2D eigenvalue weighted by molar-refractivity contribution is 0.0748. The second kappa shape index (κ2) is 9.45. The summed E-state index contributed by atoms with van der Waals surface area (Å²) in [5, 5.41) is 10.00. The van der Waals surface area contributed by atoms with Gasteiger partial charge in [0.25, 0.3) is 15.9 Å². The zero-order chi connectivity index (χ0) is 25.4. The number of anilines is 1. The van der Waals surface area contributed by atoms with E-state index in [4.69, 9.17) is 0 Å². The highest BCUT2D eigenvalue weighted by atomic mass is 79.9. The van der Waals surface area contributed by atoms with E-state index in [2.05, 4.69) is 26.9 Å². The topological polar surface area (TPSA) is 86.4 Å². The van der Waals surface area contributed by atoms with Crippen LogP contribution >= 0.6 is 15.9 Å². The lowest BCUT2D eigenvalue weighted by Crippen LogP contribution is -2.49. The van der Waals surface area contributed by atoms with Gasteiger partial charge in [-0.05, 0) is 49.4 Å². The number of piperazine rings is 1. The summed E-state index contributed by atoms with van der Waals surface area (Å²) in [4.78, 5) is 17.7. The normalized spacial score (nSPS) is 14.1. The molecule has 1 amide bonds. The number of aryl methyl sites for hydroxylation is 1. The molecule has 7 nitrogen and oxygen atoms in total. The molecular weight excluding hydrogens is 540 g/mol. The van der Waals surface area contributed by atoms with Gasteiger partial charge in [0.1, 0.15) is 6.07 Å². The van der Waals surface area contributed by atoms with Crippen LogP contribution in [-0.2, 0) is 10.0 Å². The molecule has 36 heavy (non-hydrogen) atoms. The Morgan fingerprint density at radius 3 is 2.36 bits per heavy atom. The van der Waals surface area contributed by atoms with E-state index in [-0.39, 0.29) is 10.8 Å². The number of carbonyl (C=O) groups is 1. The van der Waals surface area contributed by atoms with Crippen molar-refractivity contribution in [2.75, 3.05) is 31.1 Å². The summed E-state index contributed by atoms with van der Waals surface area (Å²) in [7, 11) is -3.83. The lowest BCUT2D eigenvalue weighted by Gasteiger charge is -2.36. The van der Waals surface area contributed by atoms with Gasteiger partial charge in [0.2, 0.25) is 0 Å². The minimum absolute atomic E-state index is 0.153. The molecule has 9 heteroatoms. The Hall–Kier alpha value is -3.61. The number of hydrogen-bond acceptors (Lipinski definition) is 5. The molecule has 1 aliphatic heterocycles. The first-order valence-corrected chi connectivity index (χ1v) is 13.7. The quantitative estimate of drug-likeness (QED) is 0.357. The number of rotatable bonds is 4. The standard InChI is InChI=1S/C27H23BrN4O3S/c1-19-6-8-22(9-7-19)36(34,35)32-11-10-23-24(16-21(28)17-26(23)32)27(33)31-14-12-30(13-15-31)25-5-3-2-4-20(25)18-29/h2-11,16-17H,12-15H2,1H3. The van der Waals surface area contributed by atoms with Gasteiger partial charge in [0.15, 0.2) is 0 Å². The van der Waals surface area contributed by atoms with E-state index < -0.39 is 10.0 Å². The van der Waals surface area contributed by atoms with Crippen LogP contribution in [-0.4, -0.2) is 49.4 Å². The molecule has 4 aromatic rings. The minimum atomic E-state index is -3.83. The molecule has 0 unspecified atom stereocenters. The summed E-state index contributed by atoms with van der Waals surface area (Å²) >= 11 is 3.47. The highest BCUT2D eigenvalue weighted by molar-refractivity contribution is 9.10. The third-order valence-electron chi connectivity index (χ3n) is 6.48. The fourth-order valence-electron chi connectivity index (χ4n) is 4.56. The molecule has 0 spiro atoms. The molecular formula is C27H23BrN4O3S. The first-order valence-electron chi connectivity index (χ1n) is 11.5. The van der Waals surface area contributed by atoms with Gasteiger partial charge in [0.05, 0.1) is 27.2 Å². The van der Waals surface area contributed by atoms with Gasteiger partial charge in [-0.2, -0.15) is 5.26 Å². The number of amides is 1. The van der Waals surface area contributed by atoms with Crippen molar-refractivity contribution in [3.05, 3.63) is 94.1 Å². The van der Waals surface area contributed by atoms with Crippen LogP contribution < -0.4 is 4.90 Å².